The largest absolute Gasteiger partial charge is 0.361 e. The molecule has 0 saturated heterocycles. The summed E-state index contributed by atoms with van der Waals surface area (Å²) in [7, 11) is 3.53. The molecule has 0 aromatic heterocycles. The maximum Gasteiger partial charge on any atom is 0.267 e. The highest BCUT2D eigenvalue weighted by Crippen LogP contribution is 2.26. The van der Waals surface area contributed by atoms with Gasteiger partial charge < -0.3 is 15.0 Å². The molecular formula is C27H37ClN2O2. The highest BCUT2D eigenvalue weighted by Gasteiger charge is 2.21. The number of hydrogen-bond donors (Lipinski definition) is 1. The second kappa shape index (κ2) is 12.7. The van der Waals surface area contributed by atoms with E-state index in [1.54, 1.807) is 7.11 Å². The molecule has 0 spiro atoms. The lowest BCUT2D eigenvalue weighted by Gasteiger charge is -2.30. The molecule has 0 heterocycles. The van der Waals surface area contributed by atoms with E-state index < -0.39 is 0 Å². The van der Waals surface area contributed by atoms with Crippen molar-refractivity contribution in [2.75, 3.05) is 20.7 Å². The van der Waals surface area contributed by atoms with Crippen LogP contribution in [0, 0.1) is 6.92 Å². The first-order chi connectivity index (χ1) is 15.3. The minimum atomic E-state index is -0.226. The predicted molar refractivity (Wildman–Crippen MR) is 135 cm³/mol. The number of amides is 1. The number of ether oxygens (including phenoxy) is 1. The van der Waals surface area contributed by atoms with Gasteiger partial charge in [-0.05, 0) is 68.4 Å². The first kappa shape index (κ1) is 26.0. The predicted octanol–water partition coefficient (Wildman–Crippen LogP) is 6.42. The van der Waals surface area contributed by atoms with E-state index in [2.05, 4.69) is 50.9 Å². The molecule has 1 amide bonds. The number of hydrogen-bond acceptors (Lipinski definition) is 3. The Morgan fingerprint density at radius 3 is 2.69 bits per heavy atom. The fourth-order valence-electron chi connectivity index (χ4n) is 3.84. The topological polar surface area (TPSA) is 41.6 Å². The summed E-state index contributed by atoms with van der Waals surface area (Å²) in [6.45, 7) is 10.9. The zero-order valence-electron chi connectivity index (χ0n) is 20.1. The van der Waals surface area contributed by atoms with Gasteiger partial charge in [0.2, 0.25) is 0 Å². The Morgan fingerprint density at radius 1 is 1.31 bits per heavy atom. The quantitative estimate of drug-likeness (QED) is 0.308. The lowest BCUT2D eigenvalue weighted by Crippen LogP contribution is -2.39. The maximum atomic E-state index is 12.8. The molecule has 1 unspecified atom stereocenters. The van der Waals surface area contributed by atoms with E-state index >= 15 is 0 Å². The van der Waals surface area contributed by atoms with Crippen LogP contribution in [-0.4, -0.2) is 37.7 Å². The Labute approximate surface area is 198 Å². The molecule has 174 valence electrons. The van der Waals surface area contributed by atoms with Gasteiger partial charge in [-0.2, -0.15) is 0 Å². The van der Waals surface area contributed by atoms with Crippen LogP contribution in [0.1, 0.15) is 57.1 Å². The molecule has 1 aliphatic rings. The third kappa shape index (κ3) is 7.39. The summed E-state index contributed by atoms with van der Waals surface area (Å²) in [5, 5.41) is 3.73. The van der Waals surface area contributed by atoms with Gasteiger partial charge in [-0.25, -0.2) is 0 Å². The van der Waals surface area contributed by atoms with Crippen molar-refractivity contribution >= 4 is 23.1 Å². The summed E-state index contributed by atoms with van der Waals surface area (Å²) in [6.07, 6.45) is 10.8. The third-order valence-electron chi connectivity index (χ3n) is 5.95. The Hall–Kier alpha value is -2.30. The average Bonchev–Trinajstić information content (AvgIpc) is 2.78. The Balaban J connectivity index is 1.95. The summed E-state index contributed by atoms with van der Waals surface area (Å²) in [6, 6.07) is 5.92. The van der Waals surface area contributed by atoms with E-state index in [-0.39, 0.29) is 12.1 Å². The van der Waals surface area contributed by atoms with Crippen LogP contribution in [0.5, 0.6) is 0 Å². The fourth-order valence-corrected chi connectivity index (χ4v) is 4.01. The van der Waals surface area contributed by atoms with Crippen LogP contribution >= 0.6 is 11.6 Å². The third-order valence-corrected chi connectivity index (χ3v) is 6.18. The summed E-state index contributed by atoms with van der Waals surface area (Å²) in [4.78, 5) is 14.6. The standard InChI is InChI=1S/C27H37ClN2O2/c1-7-8-23(25-18-24(28)14-11-20(25)3)15-16-29-27(31)21(4)30(5)26(32-6)17-22-12-9-19(2)10-13-22/h8-9,11-12,14,18,26H,4,7,10,13,15-17H2,1-3,5-6H3,(H,29,31)/b23-8-. The molecule has 0 saturated carbocycles. The highest BCUT2D eigenvalue weighted by molar-refractivity contribution is 6.30. The summed E-state index contributed by atoms with van der Waals surface area (Å²) in [5.74, 6) is -0.179. The number of carbonyl (C=O) groups is 1. The van der Waals surface area contributed by atoms with Crippen molar-refractivity contribution in [2.45, 2.75) is 59.1 Å². The second-order valence-electron chi connectivity index (χ2n) is 8.39. The van der Waals surface area contributed by atoms with Gasteiger partial charge in [0.25, 0.3) is 5.91 Å². The number of methoxy groups -OCH3 is 1. The Kier molecular flexibility index (Phi) is 10.3. The molecule has 5 heteroatoms. The van der Waals surface area contributed by atoms with Gasteiger partial charge in [-0.3, -0.25) is 4.79 Å². The number of allylic oxidation sites excluding steroid dienone is 4. The zero-order valence-corrected chi connectivity index (χ0v) is 20.9. The number of carbonyl (C=O) groups excluding carboxylic acids is 1. The lowest BCUT2D eigenvalue weighted by atomic mass is 9.96. The van der Waals surface area contributed by atoms with E-state index in [4.69, 9.17) is 16.3 Å². The molecule has 2 rings (SSSR count). The molecular weight excluding hydrogens is 420 g/mol. The van der Waals surface area contributed by atoms with Gasteiger partial charge in [-0.15, -0.1) is 0 Å². The molecule has 1 N–H and O–H groups in total. The van der Waals surface area contributed by atoms with Gasteiger partial charge in [0.1, 0.15) is 6.23 Å². The molecule has 0 fully saturated rings. The van der Waals surface area contributed by atoms with Crippen LogP contribution in [0.15, 0.2) is 59.8 Å². The van der Waals surface area contributed by atoms with Crippen LogP contribution in [0.3, 0.4) is 0 Å². The van der Waals surface area contributed by atoms with Crippen molar-refractivity contribution in [3.8, 4) is 0 Å². The number of likely N-dealkylation sites (N-methyl/N-ethyl adjacent to an activating group) is 1. The number of nitrogens with one attached hydrogen (secondary N) is 1. The van der Waals surface area contributed by atoms with Crippen molar-refractivity contribution in [1.82, 2.24) is 10.2 Å². The lowest BCUT2D eigenvalue weighted by molar-refractivity contribution is -0.120. The van der Waals surface area contributed by atoms with Crippen LogP contribution in [-0.2, 0) is 9.53 Å². The monoisotopic (exact) mass is 456 g/mol. The van der Waals surface area contributed by atoms with Crippen molar-refractivity contribution in [3.05, 3.63) is 76.0 Å². The van der Waals surface area contributed by atoms with E-state index in [0.717, 1.165) is 42.7 Å². The number of nitrogens with zero attached hydrogens (tertiary/aromatic N) is 1. The minimum Gasteiger partial charge on any atom is -0.361 e. The highest BCUT2D eigenvalue weighted by atomic mass is 35.5. The number of aryl methyl sites for hydroxylation is 1. The van der Waals surface area contributed by atoms with Gasteiger partial charge >= 0.3 is 0 Å². The first-order valence-corrected chi connectivity index (χ1v) is 11.7. The second-order valence-corrected chi connectivity index (χ2v) is 8.83. The molecule has 1 aromatic rings. The summed E-state index contributed by atoms with van der Waals surface area (Å²) in [5.41, 5.74) is 6.62. The number of rotatable bonds is 11. The van der Waals surface area contributed by atoms with Crippen LogP contribution in [0.25, 0.3) is 5.57 Å². The van der Waals surface area contributed by atoms with Crippen molar-refractivity contribution in [1.29, 1.82) is 0 Å². The van der Waals surface area contributed by atoms with E-state index in [9.17, 15) is 4.79 Å². The molecule has 1 aromatic carbocycles. The van der Waals surface area contributed by atoms with E-state index in [0.29, 0.717) is 12.2 Å². The van der Waals surface area contributed by atoms with Crippen LogP contribution in [0.4, 0.5) is 0 Å². The molecule has 4 nitrogen and oxygen atoms in total. The van der Waals surface area contributed by atoms with Crippen LogP contribution in [0.2, 0.25) is 5.02 Å². The van der Waals surface area contributed by atoms with Crippen molar-refractivity contribution in [2.24, 2.45) is 0 Å². The molecule has 1 atom stereocenters. The fraction of sp³-hybridized carbons (Fsp3) is 0.444. The van der Waals surface area contributed by atoms with Gasteiger partial charge in [0.05, 0.1) is 5.70 Å². The Bertz CT molecular complexity index is 914. The van der Waals surface area contributed by atoms with Crippen molar-refractivity contribution < 1.29 is 9.53 Å². The van der Waals surface area contributed by atoms with E-state index in [1.165, 1.54) is 22.3 Å². The minimum absolute atomic E-state index is 0.179. The molecule has 32 heavy (non-hydrogen) atoms. The molecule has 0 aliphatic heterocycles. The van der Waals surface area contributed by atoms with Gasteiger partial charge in [-0.1, -0.05) is 60.5 Å². The molecule has 0 bridgehead atoms. The maximum absolute atomic E-state index is 12.8. The number of benzene rings is 1. The van der Waals surface area contributed by atoms with Crippen LogP contribution < -0.4 is 5.32 Å². The summed E-state index contributed by atoms with van der Waals surface area (Å²) < 4.78 is 5.67. The van der Waals surface area contributed by atoms with Gasteiger partial charge in [0.15, 0.2) is 0 Å². The van der Waals surface area contributed by atoms with E-state index in [1.807, 2.05) is 30.1 Å². The summed E-state index contributed by atoms with van der Waals surface area (Å²) >= 11 is 6.21. The number of halogens is 1. The SMILES string of the molecule is C=C(C(=O)NCC/C(=C/CC)c1cc(Cl)ccc1C)N(C)C(CC1=CC=C(C)CC1)OC. The smallest absolute Gasteiger partial charge is 0.267 e. The zero-order chi connectivity index (χ0) is 23.7. The molecule has 0 radical (unpaired) electrons. The molecule has 1 aliphatic carbocycles. The first-order valence-electron chi connectivity index (χ1n) is 11.3. The normalized spacial score (nSPS) is 15.0. The van der Waals surface area contributed by atoms with Gasteiger partial charge in [0, 0.05) is 32.1 Å². The van der Waals surface area contributed by atoms with Crippen molar-refractivity contribution in [3.63, 3.8) is 0 Å². The Morgan fingerprint density at radius 2 is 2.06 bits per heavy atom. The average molecular weight is 457 g/mol.